The fourth-order valence-corrected chi connectivity index (χ4v) is 7.30. The van der Waals surface area contributed by atoms with Crippen molar-refractivity contribution < 1.29 is 19.0 Å². The Hall–Kier alpha value is -1.79. The van der Waals surface area contributed by atoms with Crippen molar-refractivity contribution in [1.29, 1.82) is 0 Å². The number of fused-ring (bicyclic) bond motifs is 1. The second-order valence-electron chi connectivity index (χ2n) is 10.4. The highest BCUT2D eigenvalue weighted by molar-refractivity contribution is 5.97. The van der Waals surface area contributed by atoms with Crippen LogP contribution in [-0.2, 0) is 14.9 Å². The second kappa shape index (κ2) is 5.27. The number of carbonyl (C=O) groups is 1. The highest BCUT2D eigenvalue weighted by atomic mass is 16.6. The number of rotatable bonds is 1. The number of nitrogens with zero attached hydrogens (tertiary/aromatic N) is 2. The molecule has 4 fully saturated rings. The van der Waals surface area contributed by atoms with E-state index in [1.54, 1.807) is 7.11 Å². The van der Waals surface area contributed by atoms with Gasteiger partial charge in [-0.15, -0.1) is 0 Å². The summed E-state index contributed by atoms with van der Waals surface area (Å²) in [6.07, 6.45) is 3.79. The standard InChI is InChI=1S/C23H30N2O4/c1-20(2,3)29-19(26)25-17-6-5-15(27-4)13-16(17)22-9-10-24-11-12-28-21(24)7-8-23(22,25)18(22)14-21/h5-6,13,18H,7-12,14H2,1-4H3/t18?,21-,22?,23+/m0/s1. The van der Waals surface area contributed by atoms with Gasteiger partial charge in [0, 0.05) is 18.5 Å². The Labute approximate surface area is 172 Å². The molecule has 6 rings (SSSR count). The first-order valence-electron chi connectivity index (χ1n) is 10.9. The van der Waals surface area contributed by atoms with Gasteiger partial charge in [0.1, 0.15) is 17.1 Å². The topological polar surface area (TPSA) is 51.2 Å². The number of hydrogen-bond acceptors (Lipinski definition) is 5. The molecule has 6 heteroatoms. The summed E-state index contributed by atoms with van der Waals surface area (Å²) in [5.74, 6) is 1.28. The van der Waals surface area contributed by atoms with Gasteiger partial charge in [-0.2, -0.15) is 0 Å². The van der Waals surface area contributed by atoms with Crippen LogP contribution in [0.5, 0.6) is 5.75 Å². The Bertz CT molecular complexity index is 911. The maximum atomic E-state index is 13.5. The van der Waals surface area contributed by atoms with Crippen molar-refractivity contribution in [3.05, 3.63) is 23.8 Å². The third-order valence-corrected chi connectivity index (χ3v) is 8.27. The van der Waals surface area contributed by atoms with E-state index in [4.69, 9.17) is 14.2 Å². The quantitative estimate of drug-likeness (QED) is 0.722. The minimum atomic E-state index is -0.520. The zero-order valence-electron chi connectivity index (χ0n) is 17.8. The van der Waals surface area contributed by atoms with E-state index in [0.29, 0.717) is 5.92 Å². The summed E-state index contributed by atoms with van der Waals surface area (Å²) in [7, 11) is 1.71. The molecule has 1 aromatic rings. The smallest absolute Gasteiger partial charge is 0.415 e. The van der Waals surface area contributed by atoms with Crippen molar-refractivity contribution >= 4 is 11.8 Å². The predicted octanol–water partition coefficient (Wildman–Crippen LogP) is 3.67. The summed E-state index contributed by atoms with van der Waals surface area (Å²) in [6.45, 7) is 8.69. The summed E-state index contributed by atoms with van der Waals surface area (Å²) in [6, 6.07) is 6.19. The van der Waals surface area contributed by atoms with Crippen molar-refractivity contribution in [3.63, 3.8) is 0 Å². The molecule has 2 bridgehead atoms. The molecule has 2 unspecified atom stereocenters. The molecule has 0 radical (unpaired) electrons. The highest BCUT2D eigenvalue weighted by Crippen LogP contribution is 2.81. The fourth-order valence-electron chi connectivity index (χ4n) is 7.30. The van der Waals surface area contributed by atoms with E-state index in [9.17, 15) is 4.79 Å². The van der Waals surface area contributed by atoms with Crippen molar-refractivity contribution in [1.82, 2.24) is 4.90 Å². The number of methoxy groups -OCH3 is 1. The minimum absolute atomic E-state index is 0.00895. The van der Waals surface area contributed by atoms with Crippen molar-refractivity contribution in [2.75, 3.05) is 31.7 Å². The molecule has 0 aromatic heterocycles. The highest BCUT2D eigenvalue weighted by Gasteiger charge is 2.87. The number of amides is 1. The molecule has 1 amide bonds. The molecule has 156 valence electrons. The summed E-state index contributed by atoms with van der Waals surface area (Å²) in [5.41, 5.74) is 1.45. The average Bonchev–Trinajstić information content (AvgIpc) is 2.95. The second-order valence-corrected chi connectivity index (χ2v) is 10.4. The van der Waals surface area contributed by atoms with Gasteiger partial charge in [0.05, 0.1) is 24.9 Å². The van der Waals surface area contributed by atoms with E-state index in [1.165, 1.54) is 5.56 Å². The van der Waals surface area contributed by atoms with Crippen molar-refractivity contribution in [2.45, 2.75) is 68.7 Å². The Kier molecular flexibility index (Phi) is 3.28. The maximum Gasteiger partial charge on any atom is 0.415 e. The fraction of sp³-hybridized carbons (Fsp3) is 0.696. The summed E-state index contributed by atoms with van der Waals surface area (Å²) in [5, 5.41) is 0. The minimum Gasteiger partial charge on any atom is -0.497 e. The molecular weight excluding hydrogens is 368 g/mol. The van der Waals surface area contributed by atoms with Crippen LogP contribution in [0.1, 0.15) is 52.0 Å². The van der Waals surface area contributed by atoms with Crippen LogP contribution >= 0.6 is 0 Å². The molecule has 3 aliphatic heterocycles. The number of carbonyl (C=O) groups excluding carboxylic acids is 1. The van der Waals surface area contributed by atoms with Crippen LogP contribution in [0.25, 0.3) is 0 Å². The van der Waals surface area contributed by atoms with Crippen LogP contribution < -0.4 is 9.64 Å². The number of ether oxygens (including phenoxy) is 3. The van der Waals surface area contributed by atoms with Gasteiger partial charge in [-0.05, 0) is 76.1 Å². The monoisotopic (exact) mass is 398 g/mol. The molecule has 2 saturated carbocycles. The molecule has 5 aliphatic rings. The molecule has 4 atom stereocenters. The molecule has 1 aromatic carbocycles. The zero-order chi connectivity index (χ0) is 20.2. The van der Waals surface area contributed by atoms with Crippen LogP contribution in [0.3, 0.4) is 0 Å². The van der Waals surface area contributed by atoms with Gasteiger partial charge < -0.3 is 14.2 Å². The normalized spacial score (nSPS) is 39.3. The summed E-state index contributed by atoms with van der Waals surface area (Å²) < 4.78 is 17.8. The molecular formula is C23H30N2O4. The molecule has 2 saturated heterocycles. The van der Waals surface area contributed by atoms with E-state index in [0.717, 1.165) is 56.8 Å². The molecule has 6 nitrogen and oxygen atoms in total. The molecule has 2 aliphatic carbocycles. The van der Waals surface area contributed by atoms with E-state index in [2.05, 4.69) is 17.0 Å². The van der Waals surface area contributed by atoms with Crippen LogP contribution in [-0.4, -0.2) is 54.7 Å². The lowest BCUT2D eigenvalue weighted by Crippen LogP contribution is -2.55. The SMILES string of the molecule is COc1ccc2c(c1)C13CCN4CCO[C@]45CC[C@]1(C3C5)N2C(=O)OC(C)(C)C. The molecule has 0 N–H and O–H groups in total. The first-order chi connectivity index (χ1) is 13.8. The zero-order valence-corrected chi connectivity index (χ0v) is 17.8. The molecule has 3 heterocycles. The number of anilines is 1. The Morgan fingerprint density at radius 2 is 2.03 bits per heavy atom. The van der Waals surface area contributed by atoms with Gasteiger partial charge in [0.15, 0.2) is 0 Å². The van der Waals surface area contributed by atoms with E-state index >= 15 is 0 Å². The van der Waals surface area contributed by atoms with Crippen LogP contribution in [0, 0.1) is 5.92 Å². The average molecular weight is 399 g/mol. The van der Waals surface area contributed by atoms with Gasteiger partial charge in [-0.25, -0.2) is 4.79 Å². The molecule has 29 heavy (non-hydrogen) atoms. The molecule has 3 spiro atoms. The van der Waals surface area contributed by atoms with Crippen LogP contribution in [0.15, 0.2) is 18.2 Å². The predicted molar refractivity (Wildman–Crippen MR) is 108 cm³/mol. The lowest BCUT2D eigenvalue weighted by atomic mass is 9.85. The van der Waals surface area contributed by atoms with Gasteiger partial charge in [0.2, 0.25) is 0 Å². The number of hydrogen-bond donors (Lipinski definition) is 0. The van der Waals surface area contributed by atoms with Crippen LogP contribution in [0.2, 0.25) is 0 Å². The Morgan fingerprint density at radius 1 is 1.21 bits per heavy atom. The van der Waals surface area contributed by atoms with Gasteiger partial charge in [-0.1, -0.05) is 0 Å². The lowest BCUT2D eigenvalue weighted by molar-refractivity contribution is -0.110. The van der Waals surface area contributed by atoms with E-state index in [-0.39, 0.29) is 22.8 Å². The Morgan fingerprint density at radius 3 is 2.79 bits per heavy atom. The largest absolute Gasteiger partial charge is 0.497 e. The first kappa shape index (κ1) is 18.0. The number of benzene rings is 1. The van der Waals surface area contributed by atoms with Crippen molar-refractivity contribution in [2.24, 2.45) is 5.92 Å². The van der Waals surface area contributed by atoms with Gasteiger partial charge in [-0.3, -0.25) is 9.80 Å². The third-order valence-electron chi connectivity index (χ3n) is 8.27. The third kappa shape index (κ3) is 1.97. The van der Waals surface area contributed by atoms with Gasteiger partial charge in [0.25, 0.3) is 0 Å². The summed E-state index contributed by atoms with van der Waals surface area (Å²) in [4.78, 5) is 18.1. The maximum absolute atomic E-state index is 13.5. The van der Waals surface area contributed by atoms with Crippen LogP contribution in [0.4, 0.5) is 10.5 Å². The first-order valence-corrected chi connectivity index (χ1v) is 10.9. The van der Waals surface area contributed by atoms with E-state index in [1.807, 2.05) is 31.7 Å². The summed E-state index contributed by atoms with van der Waals surface area (Å²) >= 11 is 0. The van der Waals surface area contributed by atoms with Gasteiger partial charge >= 0.3 is 6.09 Å². The van der Waals surface area contributed by atoms with Crippen molar-refractivity contribution in [3.8, 4) is 5.75 Å². The Balaban J connectivity index is 1.50. The lowest BCUT2D eigenvalue weighted by Gasteiger charge is -2.45. The van der Waals surface area contributed by atoms with E-state index < -0.39 is 5.60 Å².